The molecule has 0 bridgehead atoms. The van der Waals surface area contributed by atoms with Gasteiger partial charge in [-0.2, -0.15) is 11.8 Å². The van der Waals surface area contributed by atoms with Gasteiger partial charge in [-0.1, -0.05) is 12.8 Å². The van der Waals surface area contributed by atoms with Crippen molar-refractivity contribution in [2.75, 3.05) is 26.0 Å². The molecule has 2 atom stereocenters. The molecule has 0 radical (unpaired) electrons. The second-order valence-electron chi connectivity index (χ2n) is 5.29. The van der Waals surface area contributed by atoms with Crippen LogP contribution in [-0.2, 0) is 4.74 Å². The molecule has 16 heavy (non-hydrogen) atoms. The van der Waals surface area contributed by atoms with Crippen molar-refractivity contribution >= 4 is 11.8 Å². The van der Waals surface area contributed by atoms with Gasteiger partial charge in [0, 0.05) is 17.9 Å². The average molecular weight is 243 g/mol. The molecular weight excluding hydrogens is 218 g/mol. The maximum atomic E-state index is 5.45. The fourth-order valence-corrected chi connectivity index (χ4v) is 4.54. The highest BCUT2D eigenvalue weighted by molar-refractivity contribution is 7.99. The molecule has 0 aliphatic carbocycles. The number of nitrogens with one attached hydrogen (secondary N) is 1. The Balaban J connectivity index is 1.89. The highest BCUT2D eigenvalue weighted by atomic mass is 32.2. The molecule has 2 heterocycles. The Kier molecular flexibility index (Phi) is 4.98. The first-order valence-electron chi connectivity index (χ1n) is 6.70. The van der Waals surface area contributed by atoms with Crippen molar-refractivity contribution in [2.24, 2.45) is 0 Å². The smallest absolute Gasteiger partial charge is 0.0644 e. The summed E-state index contributed by atoms with van der Waals surface area (Å²) in [5.74, 6) is 1.37. The third-order valence-electron chi connectivity index (χ3n) is 3.90. The minimum atomic E-state index is 0.294. The van der Waals surface area contributed by atoms with Gasteiger partial charge in [-0.25, -0.2) is 0 Å². The Labute approximate surface area is 104 Å². The van der Waals surface area contributed by atoms with E-state index in [1.165, 1.54) is 57.2 Å². The Hall–Kier alpha value is 0.270. The number of hydrogen-bond donors (Lipinski definition) is 1. The summed E-state index contributed by atoms with van der Waals surface area (Å²) in [5, 5.41) is 4.61. The molecule has 2 aliphatic heterocycles. The number of ether oxygens (including phenoxy) is 1. The molecule has 2 unspecified atom stereocenters. The van der Waals surface area contributed by atoms with Gasteiger partial charge in [0.1, 0.15) is 0 Å². The van der Waals surface area contributed by atoms with E-state index in [9.17, 15) is 0 Å². The van der Waals surface area contributed by atoms with Crippen LogP contribution < -0.4 is 5.32 Å². The van der Waals surface area contributed by atoms with Crippen LogP contribution in [0, 0.1) is 0 Å². The van der Waals surface area contributed by atoms with Gasteiger partial charge in [0.2, 0.25) is 0 Å². The zero-order valence-electron chi connectivity index (χ0n) is 10.5. The van der Waals surface area contributed by atoms with Gasteiger partial charge in [-0.3, -0.25) is 0 Å². The van der Waals surface area contributed by atoms with Crippen molar-refractivity contribution in [1.29, 1.82) is 0 Å². The van der Waals surface area contributed by atoms with Gasteiger partial charge in [-0.15, -0.1) is 0 Å². The van der Waals surface area contributed by atoms with Crippen molar-refractivity contribution in [3.05, 3.63) is 0 Å². The molecule has 1 N–H and O–H groups in total. The molecule has 0 amide bonds. The highest BCUT2D eigenvalue weighted by Gasteiger charge is 2.34. The monoisotopic (exact) mass is 243 g/mol. The maximum absolute atomic E-state index is 5.45. The number of thioether (sulfide) groups is 1. The van der Waals surface area contributed by atoms with Crippen LogP contribution in [-0.4, -0.2) is 36.8 Å². The van der Waals surface area contributed by atoms with E-state index in [4.69, 9.17) is 4.74 Å². The summed E-state index contributed by atoms with van der Waals surface area (Å²) in [6.07, 6.45) is 9.59. The summed E-state index contributed by atoms with van der Waals surface area (Å²) >= 11 is 2.19. The van der Waals surface area contributed by atoms with Gasteiger partial charge < -0.3 is 10.1 Å². The van der Waals surface area contributed by atoms with E-state index in [2.05, 4.69) is 17.1 Å². The lowest BCUT2D eigenvalue weighted by atomic mass is 9.84. The lowest BCUT2D eigenvalue weighted by Gasteiger charge is -2.41. The van der Waals surface area contributed by atoms with Gasteiger partial charge in [0.15, 0.2) is 0 Å². The predicted molar refractivity (Wildman–Crippen MR) is 71.2 cm³/mol. The fourth-order valence-electron chi connectivity index (χ4n) is 3.07. The normalized spacial score (nSPS) is 36.2. The van der Waals surface area contributed by atoms with Gasteiger partial charge in [-0.05, 0) is 44.4 Å². The van der Waals surface area contributed by atoms with Crippen LogP contribution in [0.25, 0.3) is 0 Å². The molecule has 2 aliphatic rings. The summed E-state index contributed by atoms with van der Waals surface area (Å²) in [6, 6.07) is 0. The van der Waals surface area contributed by atoms with E-state index in [0.29, 0.717) is 5.54 Å². The minimum Gasteiger partial charge on any atom is -0.383 e. The Morgan fingerprint density at radius 3 is 2.88 bits per heavy atom. The molecule has 2 fully saturated rings. The Bertz CT molecular complexity index is 193. The summed E-state index contributed by atoms with van der Waals surface area (Å²) in [7, 11) is 1.84. The molecular formula is C13H25NOS. The molecule has 2 rings (SSSR count). The first kappa shape index (κ1) is 12.7. The van der Waals surface area contributed by atoms with E-state index < -0.39 is 0 Å². The number of hydrogen-bond acceptors (Lipinski definition) is 3. The van der Waals surface area contributed by atoms with Crippen LogP contribution in [0.4, 0.5) is 0 Å². The highest BCUT2D eigenvalue weighted by Crippen LogP contribution is 2.34. The number of methoxy groups -OCH3 is 1. The largest absolute Gasteiger partial charge is 0.383 e. The molecule has 0 spiro atoms. The predicted octanol–water partition coefficient (Wildman–Crippen LogP) is 2.82. The molecule has 3 heteroatoms. The summed E-state index contributed by atoms with van der Waals surface area (Å²) < 4.78 is 5.45. The van der Waals surface area contributed by atoms with Gasteiger partial charge in [0.25, 0.3) is 0 Å². The second-order valence-corrected chi connectivity index (χ2v) is 6.70. The molecule has 0 aromatic rings. The molecule has 0 aromatic heterocycles. The van der Waals surface area contributed by atoms with E-state index in [1.54, 1.807) is 0 Å². The van der Waals surface area contributed by atoms with Crippen molar-refractivity contribution in [2.45, 2.75) is 55.7 Å². The number of piperidine rings is 1. The first-order chi connectivity index (χ1) is 7.85. The summed E-state index contributed by atoms with van der Waals surface area (Å²) in [5.41, 5.74) is 0.294. The third kappa shape index (κ3) is 3.38. The molecule has 0 saturated carbocycles. The lowest BCUT2D eigenvalue weighted by Crippen LogP contribution is -2.53. The van der Waals surface area contributed by atoms with Crippen molar-refractivity contribution < 1.29 is 4.74 Å². The van der Waals surface area contributed by atoms with Crippen LogP contribution >= 0.6 is 11.8 Å². The van der Waals surface area contributed by atoms with Gasteiger partial charge in [0.05, 0.1) is 6.61 Å². The van der Waals surface area contributed by atoms with Crippen LogP contribution in [0.5, 0.6) is 0 Å². The van der Waals surface area contributed by atoms with Crippen LogP contribution in [0.3, 0.4) is 0 Å². The van der Waals surface area contributed by atoms with E-state index in [1.807, 2.05) is 7.11 Å². The van der Waals surface area contributed by atoms with Crippen LogP contribution in [0.2, 0.25) is 0 Å². The molecule has 2 nitrogen and oxygen atoms in total. The first-order valence-corrected chi connectivity index (χ1v) is 7.75. The fraction of sp³-hybridized carbons (Fsp3) is 1.00. The molecule has 94 valence electrons. The van der Waals surface area contributed by atoms with Crippen molar-refractivity contribution in [3.8, 4) is 0 Å². The lowest BCUT2D eigenvalue weighted by molar-refractivity contribution is 0.0825. The molecule has 0 aromatic carbocycles. The van der Waals surface area contributed by atoms with Crippen LogP contribution in [0.1, 0.15) is 44.9 Å². The van der Waals surface area contributed by atoms with Crippen LogP contribution in [0.15, 0.2) is 0 Å². The van der Waals surface area contributed by atoms with E-state index in [0.717, 1.165) is 11.9 Å². The Morgan fingerprint density at radius 1 is 1.31 bits per heavy atom. The maximum Gasteiger partial charge on any atom is 0.0644 e. The summed E-state index contributed by atoms with van der Waals surface area (Å²) in [4.78, 5) is 0. The zero-order chi connectivity index (χ0) is 11.3. The zero-order valence-corrected chi connectivity index (χ0v) is 11.3. The van der Waals surface area contributed by atoms with Gasteiger partial charge >= 0.3 is 0 Å². The SMILES string of the molecule is COCC1(CC2CCCCS2)CCCCN1. The number of rotatable bonds is 4. The standard InChI is InChI=1S/C13H25NOS/c1-15-11-13(7-3-4-8-14-13)10-12-6-2-5-9-16-12/h12,14H,2-11H2,1H3. The third-order valence-corrected chi connectivity index (χ3v) is 5.29. The van der Waals surface area contributed by atoms with E-state index >= 15 is 0 Å². The topological polar surface area (TPSA) is 21.3 Å². The summed E-state index contributed by atoms with van der Waals surface area (Å²) in [6.45, 7) is 2.07. The minimum absolute atomic E-state index is 0.294. The van der Waals surface area contributed by atoms with Crippen molar-refractivity contribution in [3.63, 3.8) is 0 Å². The molecule has 2 saturated heterocycles. The Morgan fingerprint density at radius 2 is 2.25 bits per heavy atom. The quantitative estimate of drug-likeness (QED) is 0.820. The van der Waals surface area contributed by atoms with Crippen molar-refractivity contribution in [1.82, 2.24) is 5.32 Å². The van der Waals surface area contributed by atoms with E-state index in [-0.39, 0.29) is 0 Å². The average Bonchev–Trinajstić information content (AvgIpc) is 2.31. The second kappa shape index (κ2) is 6.27.